The minimum absolute atomic E-state index is 0.0485. The van der Waals surface area contributed by atoms with E-state index in [-0.39, 0.29) is 18.0 Å². The van der Waals surface area contributed by atoms with E-state index in [1.807, 2.05) is 20.8 Å². The summed E-state index contributed by atoms with van der Waals surface area (Å²) in [5.41, 5.74) is 0. The second-order valence-corrected chi connectivity index (χ2v) is 5.58. The predicted molar refractivity (Wildman–Crippen MR) is 75.6 cm³/mol. The van der Waals surface area contributed by atoms with E-state index in [1.165, 1.54) is 0 Å². The molecule has 0 saturated carbocycles. The molecule has 6 heteroatoms. The highest BCUT2D eigenvalue weighted by atomic mass is 16.5. The lowest BCUT2D eigenvalue weighted by Gasteiger charge is -2.33. The van der Waals surface area contributed by atoms with Gasteiger partial charge in [0.1, 0.15) is 0 Å². The van der Waals surface area contributed by atoms with Crippen molar-refractivity contribution < 1.29 is 19.4 Å². The molecule has 0 radical (unpaired) electrons. The maximum atomic E-state index is 12.2. The zero-order valence-corrected chi connectivity index (χ0v) is 12.6. The maximum absolute atomic E-state index is 12.2. The van der Waals surface area contributed by atoms with Crippen molar-refractivity contribution in [2.45, 2.75) is 39.7 Å². The van der Waals surface area contributed by atoms with Gasteiger partial charge in [-0.05, 0) is 25.7 Å². The Morgan fingerprint density at radius 1 is 1.45 bits per heavy atom. The van der Waals surface area contributed by atoms with E-state index in [1.54, 1.807) is 4.90 Å². The summed E-state index contributed by atoms with van der Waals surface area (Å²) >= 11 is 0. The number of nitrogens with one attached hydrogen (secondary N) is 1. The summed E-state index contributed by atoms with van der Waals surface area (Å²) in [7, 11) is 0. The van der Waals surface area contributed by atoms with Gasteiger partial charge in [0.15, 0.2) is 0 Å². The van der Waals surface area contributed by atoms with Gasteiger partial charge in [-0.3, -0.25) is 4.79 Å². The first kappa shape index (κ1) is 16.8. The van der Waals surface area contributed by atoms with Crippen LogP contribution in [0.1, 0.15) is 33.6 Å². The molecule has 2 unspecified atom stereocenters. The molecular formula is C14H26N2O4. The summed E-state index contributed by atoms with van der Waals surface area (Å²) in [6.45, 7) is 7.98. The van der Waals surface area contributed by atoms with Gasteiger partial charge in [0.25, 0.3) is 0 Å². The number of carbonyl (C=O) groups is 2. The maximum Gasteiger partial charge on any atom is 0.317 e. The Morgan fingerprint density at radius 3 is 2.70 bits per heavy atom. The van der Waals surface area contributed by atoms with Crippen molar-refractivity contribution in [1.82, 2.24) is 10.2 Å². The van der Waals surface area contributed by atoms with Crippen LogP contribution >= 0.6 is 0 Å². The number of ether oxygens (including phenoxy) is 1. The first-order valence-corrected chi connectivity index (χ1v) is 7.31. The average molecular weight is 286 g/mol. The van der Waals surface area contributed by atoms with Crippen LogP contribution in [0, 0.1) is 11.8 Å². The molecule has 0 aromatic heterocycles. The highest BCUT2D eigenvalue weighted by molar-refractivity contribution is 5.76. The van der Waals surface area contributed by atoms with Crippen molar-refractivity contribution in [3.05, 3.63) is 0 Å². The van der Waals surface area contributed by atoms with Crippen LogP contribution in [0.3, 0.4) is 0 Å². The third-order valence-electron chi connectivity index (χ3n) is 3.67. The van der Waals surface area contributed by atoms with Gasteiger partial charge in [0.05, 0.1) is 18.6 Å². The van der Waals surface area contributed by atoms with Crippen LogP contribution in [0.2, 0.25) is 0 Å². The van der Waals surface area contributed by atoms with Crippen molar-refractivity contribution in [2.75, 3.05) is 26.3 Å². The van der Waals surface area contributed by atoms with Crippen LogP contribution in [-0.4, -0.2) is 54.4 Å². The molecule has 20 heavy (non-hydrogen) atoms. The normalized spacial score (nSPS) is 20.8. The zero-order chi connectivity index (χ0) is 15.1. The second-order valence-electron chi connectivity index (χ2n) is 5.58. The Bertz CT molecular complexity index is 333. The smallest absolute Gasteiger partial charge is 0.317 e. The lowest BCUT2D eigenvalue weighted by molar-refractivity contribution is -0.143. The number of amides is 2. The Labute approximate surface area is 120 Å². The number of hydrogen-bond acceptors (Lipinski definition) is 3. The number of hydrogen-bond donors (Lipinski definition) is 2. The zero-order valence-electron chi connectivity index (χ0n) is 12.6. The van der Waals surface area contributed by atoms with E-state index >= 15 is 0 Å². The molecule has 1 rings (SSSR count). The average Bonchev–Trinajstić information content (AvgIpc) is 2.42. The SMILES string of the molecule is CCOCC(NC(=O)N1CCCC(C(=O)O)C1)C(C)C. The van der Waals surface area contributed by atoms with Crippen molar-refractivity contribution in [3.63, 3.8) is 0 Å². The van der Waals surface area contributed by atoms with Gasteiger partial charge in [-0.2, -0.15) is 0 Å². The van der Waals surface area contributed by atoms with Gasteiger partial charge in [0, 0.05) is 19.7 Å². The van der Waals surface area contributed by atoms with Gasteiger partial charge in [-0.15, -0.1) is 0 Å². The van der Waals surface area contributed by atoms with Crippen molar-refractivity contribution in [1.29, 1.82) is 0 Å². The number of carbonyl (C=O) groups excluding carboxylic acids is 1. The molecule has 1 aliphatic rings. The Balaban J connectivity index is 2.52. The second kappa shape index (κ2) is 8.09. The van der Waals surface area contributed by atoms with E-state index in [0.717, 1.165) is 6.42 Å². The molecule has 2 atom stereocenters. The highest BCUT2D eigenvalue weighted by Crippen LogP contribution is 2.17. The summed E-state index contributed by atoms with van der Waals surface area (Å²) < 4.78 is 5.38. The first-order valence-electron chi connectivity index (χ1n) is 7.31. The molecule has 0 aliphatic carbocycles. The summed E-state index contributed by atoms with van der Waals surface area (Å²) in [4.78, 5) is 24.8. The number of nitrogens with zero attached hydrogens (tertiary/aromatic N) is 1. The van der Waals surface area contributed by atoms with Crippen LogP contribution in [0.5, 0.6) is 0 Å². The van der Waals surface area contributed by atoms with E-state index in [9.17, 15) is 9.59 Å². The van der Waals surface area contributed by atoms with Crippen LogP contribution in [0.4, 0.5) is 4.79 Å². The Hall–Kier alpha value is -1.30. The minimum Gasteiger partial charge on any atom is -0.481 e. The fourth-order valence-electron chi connectivity index (χ4n) is 2.26. The number of likely N-dealkylation sites (tertiary alicyclic amines) is 1. The van der Waals surface area contributed by atoms with Crippen LogP contribution < -0.4 is 5.32 Å². The standard InChI is InChI=1S/C14H26N2O4/c1-4-20-9-12(10(2)3)15-14(19)16-7-5-6-11(8-16)13(17)18/h10-12H,4-9H2,1-3H3,(H,15,19)(H,17,18). The molecule has 1 saturated heterocycles. The Kier molecular flexibility index (Phi) is 6.78. The number of carboxylic acids is 1. The quantitative estimate of drug-likeness (QED) is 0.776. The summed E-state index contributed by atoms with van der Waals surface area (Å²) in [6, 6.07) is -0.234. The van der Waals surface area contributed by atoms with Gasteiger partial charge in [-0.1, -0.05) is 13.8 Å². The molecule has 1 heterocycles. The van der Waals surface area contributed by atoms with Gasteiger partial charge in [-0.25, -0.2) is 4.79 Å². The molecule has 6 nitrogen and oxygen atoms in total. The summed E-state index contributed by atoms with van der Waals surface area (Å²) in [5, 5.41) is 12.0. The molecule has 0 spiro atoms. The van der Waals surface area contributed by atoms with E-state index in [2.05, 4.69) is 5.32 Å². The van der Waals surface area contributed by atoms with Gasteiger partial charge < -0.3 is 20.1 Å². The number of carboxylic acid groups (broad SMARTS) is 1. The van der Waals surface area contributed by atoms with Crippen molar-refractivity contribution in [2.24, 2.45) is 11.8 Å². The van der Waals surface area contributed by atoms with E-state index in [0.29, 0.717) is 32.7 Å². The fourth-order valence-corrected chi connectivity index (χ4v) is 2.26. The lowest BCUT2D eigenvalue weighted by atomic mass is 9.98. The number of urea groups is 1. The largest absolute Gasteiger partial charge is 0.481 e. The topological polar surface area (TPSA) is 78.9 Å². The third-order valence-corrected chi connectivity index (χ3v) is 3.67. The molecule has 2 amide bonds. The van der Waals surface area contributed by atoms with Crippen LogP contribution in [0.25, 0.3) is 0 Å². The lowest BCUT2D eigenvalue weighted by Crippen LogP contribution is -2.52. The molecule has 0 bridgehead atoms. The number of rotatable bonds is 6. The number of piperidine rings is 1. The van der Waals surface area contributed by atoms with Crippen molar-refractivity contribution in [3.8, 4) is 0 Å². The Morgan fingerprint density at radius 2 is 2.15 bits per heavy atom. The molecule has 1 fully saturated rings. The third kappa shape index (κ3) is 5.00. The minimum atomic E-state index is -0.822. The number of aliphatic carboxylic acids is 1. The predicted octanol–water partition coefficient (Wildman–Crippen LogP) is 1.55. The summed E-state index contributed by atoms with van der Waals surface area (Å²) in [6.07, 6.45) is 1.38. The van der Waals surface area contributed by atoms with Crippen LogP contribution in [-0.2, 0) is 9.53 Å². The van der Waals surface area contributed by atoms with Gasteiger partial charge >= 0.3 is 12.0 Å². The fraction of sp³-hybridized carbons (Fsp3) is 0.857. The monoisotopic (exact) mass is 286 g/mol. The van der Waals surface area contributed by atoms with Gasteiger partial charge in [0.2, 0.25) is 0 Å². The van der Waals surface area contributed by atoms with E-state index in [4.69, 9.17) is 9.84 Å². The molecular weight excluding hydrogens is 260 g/mol. The van der Waals surface area contributed by atoms with Crippen LogP contribution in [0.15, 0.2) is 0 Å². The van der Waals surface area contributed by atoms with E-state index < -0.39 is 11.9 Å². The van der Waals surface area contributed by atoms with Crippen molar-refractivity contribution >= 4 is 12.0 Å². The molecule has 0 aromatic carbocycles. The molecule has 1 aliphatic heterocycles. The molecule has 2 N–H and O–H groups in total. The highest BCUT2D eigenvalue weighted by Gasteiger charge is 2.29. The molecule has 116 valence electrons. The summed E-state index contributed by atoms with van der Waals surface area (Å²) in [5.74, 6) is -0.998. The molecule has 0 aromatic rings. The first-order chi connectivity index (χ1) is 9.45.